The highest BCUT2D eigenvalue weighted by Crippen LogP contribution is 2.29. The summed E-state index contributed by atoms with van der Waals surface area (Å²) in [6.07, 6.45) is 0.786. The molecule has 0 amide bonds. The van der Waals surface area contributed by atoms with Gasteiger partial charge in [0.05, 0.1) is 13.2 Å². The molecule has 0 spiro atoms. The lowest BCUT2D eigenvalue weighted by atomic mass is 9.94. The van der Waals surface area contributed by atoms with Gasteiger partial charge in [-0.3, -0.25) is 0 Å². The number of ether oxygens (including phenoxy) is 2. The first-order valence-corrected chi connectivity index (χ1v) is 11.2. The third-order valence-electron chi connectivity index (χ3n) is 5.05. The number of hydrogen-bond donors (Lipinski definition) is 0. The highest BCUT2D eigenvalue weighted by Gasteiger charge is 2.22. The maximum absolute atomic E-state index is 6.30. The molecule has 2 rings (SSSR count). The average Bonchev–Trinajstić information content (AvgIpc) is 2.65. The fourth-order valence-electron chi connectivity index (χ4n) is 4.14. The Labute approximate surface area is 190 Å². The quantitative estimate of drug-likeness (QED) is 0.465. The summed E-state index contributed by atoms with van der Waals surface area (Å²) in [5.41, 5.74) is 2.53. The lowest BCUT2D eigenvalue weighted by Gasteiger charge is -2.29. The first-order chi connectivity index (χ1) is 14.5. The van der Waals surface area contributed by atoms with E-state index in [0.717, 1.165) is 31.0 Å². The monoisotopic (exact) mass is 426 g/mol. The van der Waals surface area contributed by atoms with E-state index in [-0.39, 0.29) is 10.8 Å². The van der Waals surface area contributed by atoms with Crippen LogP contribution in [0.25, 0.3) is 0 Å². The normalized spacial score (nSPS) is 12.5. The summed E-state index contributed by atoms with van der Waals surface area (Å²) in [7, 11) is 8.41. The molecule has 2 aromatic rings. The van der Waals surface area contributed by atoms with Crippen molar-refractivity contribution in [2.45, 2.75) is 34.1 Å². The molecule has 0 aliphatic rings. The maximum Gasteiger partial charge on any atom is 0.122 e. The van der Waals surface area contributed by atoms with E-state index in [1.807, 2.05) is 12.1 Å². The van der Waals surface area contributed by atoms with Gasteiger partial charge in [0.15, 0.2) is 0 Å². The molecule has 0 saturated heterocycles. The van der Waals surface area contributed by atoms with Crippen molar-refractivity contribution in [3.05, 3.63) is 59.7 Å². The van der Waals surface area contributed by atoms with Gasteiger partial charge in [0, 0.05) is 30.3 Å². The van der Waals surface area contributed by atoms with E-state index in [9.17, 15) is 0 Å². The Morgan fingerprint density at radius 1 is 0.613 bits per heavy atom. The number of rotatable bonds is 12. The van der Waals surface area contributed by atoms with Crippen LogP contribution in [0.3, 0.4) is 0 Å². The van der Waals surface area contributed by atoms with Crippen molar-refractivity contribution in [3.8, 4) is 11.5 Å². The first-order valence-electron chi connectivity index (χ1n) is 11.2. The van der Waals surface area contributed by atoms with Crippen molar-refractivity contribution in [1.82, 2.24) is 9.80 Å². The van der Waals surface area contributed by atoms with Gasteiger partial charge in [0.25, 0.3) is 0 Å². The SMILES string of the molecule is CN(C)CC(C)(C)COc1ccccc1Cc1ccccc1OCC(C)(C)CN(C)C. The van der Waals surface area contributed by atoms with E-state index in [0.29, 0.717) is 13.2 Å². The molecule has 0 fully saturated rings. The van der Waals surface area contributed by atoms with Gasteiger partial charge in [-0.2, -0.15) is 0 Å². The Bertz CT molecular complexity index is 745. The molecule has 4 heteroatoms. The van der Waals surface area contributed by atoms with Gasteiger partial charge in [0.1, 0.15) is 11.5 Å². The molecule has 0 aliphatic carbocycles. The Hall–Kier alpha value is -2.04. The van der Waals surface area contributed by atoms with E-state index in [1.165, 1.54) is 11.1 Å². The number of hydrogen-bond acceptors (Lipinski definition) is 4. The molecule has 172 valence electrons. The minimum Gasteiger partial charge on any atom is -0.493 e. The van der Waals surface area contributed by atoms with Crippen molar-refractivity contribution in [3.63, 3.8) is 0 Å². The van der Waals surface area contributed by atoms with Crippen LogP contribution < -0.4 is 9.47 Å². The highest BCUT2D eigenvalue weighted by molar-refractivity contribution is 5.42. The third kappa shape index (κ3) is 8.92. The topological polar surface area (TPSA) is 24.9 Å². The molecular formula is C27H42N2O2. The predicted octanol–water partition coefficient (Wildman–Crippen LogP) is 5.21. The molecular weight excluding hydrogens is 384 g/mol. The van der Waals surface area contributed by atoms with Crippen molar-refractivity contribution in [2.75, 3.05) is 54.5 Å². The van der Waals surface area contributed by atoms with Gasteiger partial charge in [0.2, 0.25) is 0 Å². The molecule has 0 saturated carbocycles. The molecule has 0 atom stereocenters. The zero-order valence-electron chi connectivity index (χ0n) is 20.9. The first kappa shape index (κ1) is 25.2. The number of para-hydroxylation sites is 2. The van der Waals surface area contributed by atoms with Gasteiger partial charge in [-0.25, -0.2) is 0 Å². The summed E-state index contributed by atoms with van der Waals surface area (Å²) in [6, 6.07) is 16.7. The van der Waals surface area contributed by atoms with Crippen molar-refractivity contribution >= 4 is 0 Å². The Morgan fingerprint density at radius 2 is 0.968 bits per heavy atom. The standard InChI is InChI=1S/C27H42N2O2/c1-26(2,18-28(5)6)20-30-24-15-11-9-13-22(24)17-23-14-10-12-16-25(23)31-21-27(3,4)19-29(7)8/h9-16H,17-21H2,1-8H3. The molecule has 0 N–H and O–H groups in total. The van der Waals surface area contributed by atoms with Gasteiger partial charge >= 0.3 is 0 Å². The van der Waals surface area contributed by atoms with Crippen LogP contribution in [0.4, 0.5) is 0 Å². The molecule has 4 nitrogen and oxygen atoms in total. The third-order valence-corrected chi connectivity index (χ3v) is 5.05. The lowest BCUT2D eigenvalue weighted by molar-refractivity contribution is 0.139. The van der Waals surface area contributed by atoms with Crippen molar-refractivity contribution in [2.24, 2.45) is 10.8 Å². The minimum atomic E-state index is 0.0790. The van der Waals surface area contributed by atoms with Crippen LogP contribution >= 0.6 is 0 Å². The molecule has 31 heavy (non-hydrogen) atoms. The van der Waals surface area contributed by atoms with E-state index in [1.54, 1.807) is 0 Å². The van der Waals surface area contributed by atoms with Gasteiger partial charge in [-0.1, -0.05) is 64.1 Å². The zero-order valence-corrected chi connectivity index (χ0v) is 20.9. The van der Waals surface area contributed by atoms with Crippen LogP contribution in [0.15, 0.2) is 48.5 Å². The van der Waals surface area contributed by atoms with Crippen LogP contribution in [-0.4, -0.2) is 64.3 Å². The lowest BCUT2D eigenvalue weighted by Crippen LogP contribution is -2.33. The van der Waals surface area contributed by atoms with Crippen molar-refractivity contribution in [1.29, 1.82) is 0 Å². The van der Waals surface area contributed by atoms with E-state index >= 15 is 0 Å². The summed E-state index contributed by atoms with van der Waals surface area (Å²) in [5, 5.41) is 0. The fraction of sp³-hybridized carbons (Fsp3) is 0.556. The van der Waals surface area contributed by atoms with E-state index < -0.39 is 0 Å². The molecule has 0 radical (unpaired) electrons. The second-order valence-corrected chi connectivity index (χ2v) is 10.8. The summed E-state index contributed by atoms with van der Waals surface area (Å²) in [5.74, 6) is 1.91. The van der Waals surface area contributed by atoms with Crippen LogP contribution in [0, 0.1) is 10.8 Å². The maximum atomic E-state index is 6.30. The second-order valence-electron chi connectivity index (χ2n) is 10.8. The number of benzene rings is 2. The molecule has 0 aromatic heterocycles. The van der Waals surface area contributed by atoms with E-state index in [4.69, 9.17) is 9.47 Å². The van der Waals surface area contributed by atoms with E-state index in [2.05, 4.69) is 102 Å². The van der Waals surface area contributed by atoms with Crippen LogP contribution in [0.1, 0.15) is 38.8 Å². The summed E-state index contributed by atoms with van der Waals surface area (Å²) in [6.45, 7) is 12.3. The van der Waals surface area contributed by atoms with Gasteiger partial charge < -0.3 is 19.3 Å². The molecule has 0 aliphatic heterocycles. The highest BCUT2D eigenvalue weighted by atomic mass is 16.5. The second kappa shape index (κ2) is 11.0. The van der Waals surface area contributed by atoms with Crippen LogP contribution in [0.2, 0.25) is 0 Å². The molecule has 0 heterocycles. The van der Waals surface area contributed by atoms with Gasteiger partial charge in [-0.05, 0) is 51.5 Å². The molecule has 2 aromatic carbocycles. The van der Waals surface area contributed by atoms with Crippen LogP contribution in [0.5, 0.6) is 11.5 Å². The summed E-state index contributed by atoms with van der Waals surface area (Å²) >= 11 is 0. The Kier molecular flexibility index (Phi) is 8.96. The smallest absolute Gasteiger partial charge is 0.122 e. The molecule has 0 bridgehead atoms. The van der Waals surface area contributed by atoms with Gasteiger partial charge in [-0.15, -0.1) is 0 Å². The predicted molar refractivity (Wildman–Crippen MR) is 131 cm³/mol. The number of nitrogens with zero attached hydrogens (tertiary/aromatic N) is 2. The summed E-state index contributed by atoms with van der Waals surface area (Å²) < 4.78 is 12.6. The van der Waals surface area contributed by atoms with Crippen molar-refractivity contribution < 1.29 is 9.47 Å². The Balaban J connectivity index is 2.12. The largest absolute Gasteiger partial charge is 0.493 e. The molecule has 0 unspecified atom stereocenters. The fourth-order valence-corrected chi connectivity index (χ4v) is 4.14. The Morgan fingerprint density at radius 3 is 1.32 bits per heavy atom. The minimum absolute atomic E-state index is 0.0790. The zero-order chi connectivity index (χ0) is 23.1. The summed E-state index contributed by atoms with van der Waals surface area (Å²) in [4.78, 5) is 4.42. The average molecular weight is 427 g/mol. The van der Waals surface area contributed by atoms with Crippen LogP contribution in [-0.2, 0) is 6.42 Å².